The second-order valence-electron chi connectivity index (χ2n) is 8.44. The Balaban J connectivity index is 1.44. The number of thioether (sulfide) groups is 1. The lowest BCUT2D eigenvalue weighted by Crippen LogP contribution is -2.30. The molecule has 6 nitrogen and oxygen atoms in total. The van der Waals surface area contributed by atoms with Crippen molar-refractivity contribution in [2.75, 3.05) is 25.9 Å². The zero-order chi connectivity index (χ0) is 23.0. The monoisotopic (exact) mass is 467 g/mol. The molecule has 3 aromatic rings. The Kier molecular flexibility index (Phi) is 8.12. The van der Waals surface area contributed by atoms with Gasteiger partial charge in [-0.1, -0.05) is 66.7 Å². The van der Waals surface area contributed by atoms with Gasteiger partial charge in [-0.25, -0.2) is 4.39 Å². The maximum absolute atomic E-state index is 14.0. The molecular weight excluding hydrogens is 437 g/mol. The highest BCUT2D eigenvalue weighted by molar-refractivity contribution is 7.99. The molecule has 1 saturated heterocycles. The van der Waals surface area contributed by atoms with Gasteiger partial charge >= 0.3 is 0 Å². The summed E-state index contributed by atoms with van der Waals surface area (Å²) >= 11 is 1.39. The van der Waals surface area contributed by atoms with Gasteiger partial charge in [0.15, 0.2) is 5.16 Å². The van der Waals surface area contributed by atoms with Crippen molar-refractivity contribution in [2.24, 2.45) is 0 Å². The van der Waals surface area contributed by atoms with Crippen LogP contribution in [0.1, 0.15) is 36.2 Å². The first-order valence-electron chi connectivity index (χ1n) is 11.4. The molecule has 0 aliphatic carbocycles. The molecule has 0 unspecified atom stereocenters. The molecule has 174 valence electrons. The molecule has 0 saturated carbocycles. The van der Waals surface area contributed by atoms with E-state index in [0.717, 1.165) is 30.6 Å². The highest BCUT2D eigenvalue weighted by Crippen LogP contribution is 2.22. The van der Waals surface area contributed by atoms with Crippen LogP contribution in [-0.2, 0) is 24.4 Å². The maximum atomic E-state index is 14.0. The van der Waals surface area contributed by atoms with E-state index in [1.165, 1.54) is 42.7 Å². The Bertz CT molecular complexity index is 1050. The van der Waals surface area contributed by atoms with Gasteiger partial charge in [0.25, 0.3) is 0 Å². The van der Waals surface area contributed by atoms with Crippen molar-refractivity contribution < 1.29 is 9.18 Å². The van der Waals surface area contributed by atoms with Crippen molar-refractivity contribution in [3.63, 3.8) is 0 Å². The lowest BCUT2D eigenvalue weighted by Gasteiger charge is -2.26. The molecule has 0 radical (unpaired) electrons. The zero-order valence-corrected chi connectivity index (χ0v) is 19.8. The summed E-state index contributed by atoms with van der Waals surface area (Å²) in [4.78, 5) is 16.7. The number of nitrogens with zero attached hydrogens (tertiary/aromatic N) is 5. The number of rotatable bonds is 9. The molecule has 1 aromatic heterocycles. The number of hydrogen-bond donors (Lipinski definition) is 0. The summed E-state index contributed by atoms with van der Waals surface area (Å²) in [5.74, 6) is 0.780. The van der Waals surface area contributed by atoms with Crippen molar-refractivity contribution in [3.05, 3.63) is 77.4 Å². The summed E-state index contributed by atoms with van der Waals surface area (Å²) in [6, 6.07) is 16.8. The molecule has 33 heavy (non-hydrogen) atoms. The second kappa shape index (κ2) is 11.4. The van der Waals surface area contributed by atoms with Gasteiger partial charge < -0.3 is 9.47 Å². The quantitative estimate of drug-likeness (QED) is 0.442. The minimum Gasteiger partial charge on any atom is -0.341 e. The predicted molar refractivity (Wildman–Crippen MR) is 128 cm³/mol. The van der Waals surface area contributed by atoms with Gasteiger partial charge in [0, 0.05) is 19.2 Å². The fourth-order valence-corrected chi connectivity index (χ4v) is 4.89. The number of carbonyl (C=O) groups excluding carboxylic acids is 1. The van der Waals surface area contributed by atoms with Crippen LogP contribution in [0.4, 0.5) is 4.39 Å². The Morgan fingerprint density at radius 1 is 1.00 bits per heavy atom. The average Bonchev–Trinajstić information content (AvgIpc) is 3.21. The first kappa shape index (κ1) is 23.4. The summed E-state index contributed by atoms with van der Waals surface area (Å²) in [5, 5.41) is 9.64. The van der Waals surface area contributed by atoms with Gasteiger partial charge in [-0.3, -0.25) is 9.69 Å². The van der Waals surface area contributed by atoms with Crippen molar-refractivity contribution >= 4 is 17.7 Å². The van der Waals surface area contributed by atoms with Crippen LogP contribution in [0.2, 0.25) is 0 Å². The van der Waals surface area contributed by atoms with E-state index < -0.39 is 0 Å². The standard InChI is InChI=1S/C25H30FN5OS/c1-29(17-21-12-6-7-13-22(21)26)24(32)19-33-25-28-27-23(18-30-14-8-3-9-15-30)31(25)16-20-10-4-2-5-11-20/h2,4-7,10-13H,3,8-9,14-19H2,1H3. The molecule has 0 atom stereocenters. The number of benzene rings is 2. The average molecular weight is 468 g/mol. The van der Waals surface area contributed by atoms with E-state index in [9.17, 15) is 9.18 Å². The molecule has 2 heterocycles. The molecule has 0 bridgehead atoms. The largest absolute Gasteiger partial charge is 0.341 e. The normalized spacial score (nSPS) is 14.4. The number of halogens is 1. The third kappa shape index (κ3) is 6.42. The van der Waals surface area contributed by atoms with E-state index in [2.05, 4.69) is 31.8 Å². The number of likely N-dealkylation sites (tertiary alicyclic amines) is 1. The van der Waals surface area contributed by atoms with Crippen molar-refractivity contribution in [3.8, 4) is 0 Å². The third-order valence-electron chi connectivity index (χ3n) is 5.91. The van der Waals surface area contributed by atoms with Crippen molar-refractivity contribution in [2.45, 2.75) is 44.1 Å². The van der Waals surface area contributed by atoms with E-state index in [0.29, 0.717) is 12.1 Å². The van der Waals surface area contributed by atoms with Gasteiger partial charge in [0.1, 0.15) is 11.6 Å². The molecular formula is C25H30FN5OS. The predicted octanol–water partition coefficient (Wildman–Crippen LogP) is 4.20. The highest BCUT2D eigenvalue weighted by Gasteiger charge is 2.20. The summed E-state index contributed by atoms with van der Waals surface area (Å²) in [5.41, 5.74) is 1.68. The number of piperidine rings is 1. The van der Waals surface area contributed by atoms with Crippen molar-refractivity contribution in [1.82, 2.24) is 24.6 Å². The first-order valence-corrected chi connectivity index (χ1v) is 12.4. The van der Waals surface area contributed by atoms with E-state index in [4.69, 9.17) is 0 Å². The van der Waals surface area contributed by atoms with E-state index >= 15 is 0 Å². The van der Waals surface area contributed by atoms with E-state index in [1.807, 2.05) is 18.2 Å². The Morgan fingerprint density at radius 3 is 2.48 bits per heavy atom. The molecule has 0 spiro atoms. The summed E-state index contributed by atoms with van der Waals surface area (Å²) in [6.07, 6.45) is 3.73. The second-order valence-corrected chi connectivity index (χ2v) is 9.38. The van der Waals surface area contributed by atoms with Crippen LogP contribution in [0.5, 0.6) is 0 Å². The van der Waals surface area contributed by atoms with Crippen LogP contribution >= 0.6 is 11.8 Å². The summed E-state index contributed by atoms with van der Waals surface area (Å²) in [6.45, 7) is 3.84. The number of amides is 1. The molecule has 8 heteroatoms. The van der Waals surface area contributed by atoms with Crippen LogP contribution in [0.25, 0.3) is 0 Å². The molecule has 2 aromatic carbocycles. The minimum absolute atomic E-state index is 0.0740. The fourth-order valence-electron chi connectivity index (χ4n) is 3.99. The maximum Gasteiger partial charge on any atom is 0.233 e. The molecule has 1 aliphatic heterocycles. The zero-order valence-electron chi connectivity index (χ0n) is 19.0. The van der Waals surface area contributed by atoms with E-state index in [1.54, 1.807) is 30.1 Å². The Labute approximate surface area is 198 Å². The third-order valence-corrected chi connectivity index (χ3v) is 6.86. The SMILES string of the molecule is CN(Cc1ccccc1F)C(=O)CSc1nnc(CN2CCCCC2)n1Cc1ccccc1. The number of aromatic nitrogens is 3. The van der Waals surface area contributed by atoms with Gasteiger partial charge in [-0.2, -0.15) is 0 Å². The lowest BCUT2D eigenvalue weighted by molar-refractivity contribution is -0.127. The number of hydrogen-bond acceptors (Lipinski definition) is 5. The molecule has 0 N–H and O–H groups in total. The topological polar surface area (TPSA) is 54.3 Å². The Morgan fingerprint density at radius 2 is 1.73 bits per heavy atom. The Hall–Kier alpha value is -2.71. The minimum atomic E-state index is -0.297. The lowest BCUT2D eigenvalue weighted by atomic mass is 10.1. The summed E-state index contributed by atoms with van der Waals surface area (Å²) in [7, 11) is 1.70. The molecule has 1 fully saturated rings. The van der Waals surface area contributed by atoms with Crippen LogP contribution in [-0.4, -0.2) is 56.4 Å². The smallest absolute Gasteiger partial charge is 0.233 e. The van der Waals surface area contributed by atoms with Gasteiger partial charge in [0.2, 0.25) is 5.91 Å². The van der Waals surface area contributed by atoms with Gasteiger partial charge in [0.05, 0.1) is 18.8 Å². The van der Waals surface area contributed by atoms with Gasteiger partial charge in [-0.05, 0) is 37.6 Å². The van der Waals surface area contributed by atoms with Crippen LogP contribution in [0.3, 0.4) is 0 Å². The van der Waals surface area contributed by atoms with Crippen LogP contribution < -0.4 is 0 Å². The molecule has 1 aliphatic rings. The fraction of sp³-hybridized carbons (Fsp3) is 0.400. The van der Waals surface area contributed by atoms with Crippen LogP contribution in [0, 0.1) is 5.82 Å². The summed E-state index contributed by atoms with van der Waals surface area (Å²) < 4.78 is 16.1. The highest BCUT2D eigenvalue weighted by atomic mass is 32.2. The van der Waals surface area contributed by atoms with Gasteiger partial charge in [-0.15, -0.1) is 10.2 Å². The first-order chi connectivity index (χ1) is 16.1. The molecule has 4 rings (SSSR count). The number of carbonyl (C=O) groups is 1. The molecule has 1 amide bonds. The van der Waals surface area contributed by atoms with Crippen molar-refractivity contribution in [1.29, 1.82) is 0 Å². The van der Waals surface area contributed by atoms with E-state index in [-0.39, 0.29) is 24.0 Å². The van der Waals surface area contributed by atoms with Crippen LogP contribution in [0.15, 0.2) is 59.8 Å².